The van der Waals surface area contributed by atoms with E-state index in [9.17, 15) is 14.4 Å². The number of hydrogen-bond donors (Lipinski definition) is 0. The highest BCUT2D eigenvalue weighted by atomic mass is 16.5. The van der Waals surface area contributed by atoms with E-state index in [0.29, 0.717) is 11.3 Å². The quantitative estimate of drug-likeness (QED) is 0.655. The van der Waals surface area contributed by atoms with E-state index in [-0.39, 0.29) is 36.5 Å². The summed E-state index contributed by atoms with van der Waals surface area (Å²) in [4.78, 5) is 43.8. The molecule has 1 fully saturated rings. The van der Waals surface area contributed by atoms with E-state index in [2.05, 4.69) is 0 Å². The van der Waals surface area contributed by atoms with E-state index in [1.807, 2.05) is 56.3 Å². The number of anilines is 1. The highest BCUT2D eigenvalue weighted by molar-refractivity contribution is 6.37. The summed E-state index contributed by atoms with van der Waals surface area (Å²) in [5, 5.41) is 6.54. The van der Waals surface area contributed by atoms with Crippen molar-refractivity contribution >= 4 is 29.2 Å². The predicted molar refractivity (Wildman–Crippen MR) is 127 cm³/mol. The molecule has 0 radical (unpaired) electrons. The van der Waals surface area contributed by atoms with Crippen LogP contribution in [0.25, 0.3) is 0 Å². The van der Waals surface area contributed by atoms with Gasteiger partial charge in [0.05, 0.1) is 17.9 Å². The van der Waals surface area contributed by atoms with Crippen LogP contribution in [-0.2, 0) is 19.9 Å². The summed E-state index contributed by atoms with van der Waals surface area (Å²) in [5.74, 6) is -0.918. The van der Waals surface area contributed by atoms with Crippen molar-refractivity contribution in [3.05, 3.63) is 65.7 Å². The minimum Gasteiger partial charge on any atom is -0.461 e. The largest absolute Gasteiger partial charge is 0.461 e. The maximum Gasteiger partial charge on any atom is 0.354 e. The number of para-hydroxylation sites is 1. The lowest BCUT2D eigenvalue weighted by atomic mass is 9.81. The number of esters is 1. The van der Waals surface area contributed by atoms with Gasteiger partial charge >= 0.3 is 5.97 Å². The molecule has 0 N–H and O–H groups in total. The lowest BCUT2D eigenvalue weighted by Gasteiger charge is -2.45. The lowest BCUT2D eigenvalue weighted by molar-refractivity contribution is -0.135. The van der Waals surface area contributed by atoms with Crippen LogP contribution in [0, 0.1) is 5.92 Å². The molecule has 8 nitrogen and oxygen atoms in total. The topological polar surface area (TPSA) is 82.5 Å². The summed E-state index contributed by atoms with van der Waals surface area (Å²) < 4.78 is 5.31. The van der Waals surface area contributed by atoms with Gasteiger partial charge in [-0.15, -0.1) is 0 Å². The summed E-state index contributed by atoms with van der Waals surface area (Å²) in [5.41, 5.74) is 1.19. The monoisotopic (exact) mass is 460 g/mol. The Morgan fingerprint density at radius 3 is 2.47 bits per heavy atom. The highest BCUT2D eigenvalue weighted by Crippen LogP contribution is 2.52. The summed E-state index contributed by atoms with van der Waals surface area (Å²) in [6.07, 6.45) is -0.480. The molecule has 8 heteroatoms. The number of likely N-dealkylation sites (N-methyl/N-ethyl adjacent to an activating group) is 1. The molecular formula is C26H28N4O4. The average molecular weight is 461 g/mol. The first-order valence-electron chi connectivity index (χ1n) is 11.6. The van der Waals surface area contributed by atoms with Gasteiger partial charge in [-0.05, 0) is 30.5 Å². The molecule has 3 aliphatic rings. The first-order valence-corrected chi connectivity index (χ1v) is 11.6. The number of rotatable bonds is 4. The fourth-order valence-corrected chi connectivity index (χ4v) is 5.63. The van der Waals surface area contributed by atoms with Crippen molar-refractivity contribution in [2.75, 3.05) is 18.7 Å². The molecule has 0 aliphatic carbocycles. The molecule has 3 atom stereocenters. The standard InChI is InChI=1S/C26H28N4O4/c1-5-34-24(33)19-15-26(17-11-7-6-8-12-17)25-28(4)23(32)21(16(2)3)29(25)22(31)18-13-9-10-14-20(18)30(26)27-19/h6-14,16,21,25H,5,15H2,1-4H3/t21-,25+,26-/m0/s1. The average Bonchev–Trinajstić information content (AvgIpc) is 3.34. The molecule has 3 heterocycles. The van der Waals surface area contributed by atoms with Gasteiger partial charge in [-0.25, -0.2) is 9.80 Å². The van der Waals surface area contributed by atoms with E-state index in [1.165, 1.54) is 0 Å². The van der Waals surface area contributed by atoms with Crippen LogP contribution in [0.3, 0.4) is 0 Å². The Balaban J connectivity index is 1.84. The van der Waals surface area contributed by atoms with Gasteiger partial charge in [0, 0.05) is 13.5 Å². The van der Waals surface area contributed by atoms with Crippen molar-refractivity contribution in [3.63, 3.8) is 0 Å². The predicted octanol–water partition coefficient (Wildman–Crippen LogP) is 2.99. The number of hydrazone groups is 1. The molecule has 0 saturated carbocycles. The minimum absolute atomic E-state index is 0.0951. The van der Waals surface area contributed by atoms with E-state index in [0.717, 1.165) is 5.56 Å². The van der Waals surface area contributed by atoms with Gasteiger partial charge in [0.2, 0.25) is 5.91 Å². The van der Waals surface area contributed by atoms with Gasteiger partial charge in [0.1, 0.15) is 23.5 Å². The molecule has 2 aromatic carbocycles. The Hall–Kier alpha value is -3.68. The Labute approximate surface area is 198 Å². The van der Waals surface area contributed by atoms with E-state index >= 15 is 0 Å². The first kappa shape index (κ1) is 22.1. The Bertz CT molecular complexity index is 1190. The summed E-state index contributed by atoms with van der Waals surface area (Å²) >= 11 is 0. The smallest absolute Gasteiger partial charge is 0.354 e. The lowest BCUT2D eigenvalue weighted by Crippen LogP contribution is -2.60. The van der Waals surface area contributed by atoms with Crippen molar-refractivity contribution in [2.24, 2.45) is 11.0 Å². The third kappa shape index (κ3) is 2.90. The molecule has 2 aromatic rings. The van der Waals surface area contributed by atoms with Gasteiger partial charge in [0.25, 0.3) is 5.91 Å². The molecule has 34 heavy (non-hydrogen) atoms. The number of hydrogen-bond acceptors (Lipinski definition) is 6. The van der Waals surface area contributed by atoms with Crippen LogP contribution < -0.4 is 5.01 Å². The van der Waals surface area contributed by atoms with Crippen LogP contribution in [0.2, 0.25) is 0 Å². The summed E-state index contributed by atoms with van der Waals surface area (Å²) in [7, 11) is 1.73. The molecular weight excluding hydrogens is 432 g/mol. The van der Waals surface area contributed by atoms with Gasteiger partial charge in [-0.1, -0.05) is 56.3 Å². The number of carbonyl (C=O) groups excluding carboxylic acids is 3. The van der Waals surface area contributed by atoms with E-state index < -0.39 is 23.7 Å². The van der Waals surface area contributed by atoms with Crippen LogP contribution in [0.4, 0.5) is 5.69 Å². The molecule has 0 bridgehead atoms. The molecule has 0 unspecified atom stereocenters. The zero-order valence-corrected chi connectivity index (χ0v) is 19.8. The van der Waals surface area contributed by atoms with Crippen molar-refractivity contribution in [1.29, 1.82) is 0 Å². The van der Waals surface area contributed by atoms with Gasteiger partial charge in [-0.3, -0.25) is 9.59 Å². The second-order valence-electron chi connectivity index (χ2n) is 9.29. The SMILES string of the molecule is CCOC(=O)C1=NN2c3ccccc3C(=O)N3[C@@H](C(C)C)C(=O)N(C)[C@H]3[C@@]2(c2ccccc2)C1. The van der Waals surface area contributed by atoms with Gasteiger partial charge < -0.3 is 14.5 Å². The highest BCUT2D eigenvalue weighted by Gasteiger charge is 2.64. The van der Waals surface area contributed by atoms with E-state index in [4.69, 9.17) is 9.84 Å². The second kappa shape index (κ2) is 7.97. The number of nitrogens with zero attached hydrogens (tertiary/aromatic N) is 4. The number of amides is 2. The normalized spacial score (nSPS) is 25.7. The zero-order valence-electron chi connectivity index (χ0n) is 19.8. The molecule has 5 rings (SSSR count). The first-order chi connectivity index (χ1) is 16.3. The third-order valence-electron chi connectivity index (χ3n) is 7.01. The van der Waals surface area contributed by atoms with Crippen LogP contribution in [0.5, 0.6) is 0 Å². The number of fused-ring (bicyclic) bond motifs is 5. The maximum atomic E-state index is 14.0. The molecule has 0 aromatic heterocycles. The molecule has 0 spiro atoms. The van der Waals surface area contributed by atoms with Gasteiger partial charge in [-0.2, -0.15) is 5.10 Å². The summed E-state index contributed by atoms with van der Waals surface area (Å²) in [6, 6.07) is 16.3. The van der Waals surface area contributed by atoms with Crippen LogP contribution in [0.1, 0.15) is 43.1 Å². The second-order valence-corrected chi connectivity index (χ2v) is 9.29. The fraction of sp³-hybridized carbons (Fsp3) is 0.385. The minimum atomic E-state index is -1.00. The van der Waals surface area contributed by atoms with Crippen molar-refractivity contribution in [1.82, 2.24) is 9.80 Å². The number of carbonyl (C=O) groups is 3. The van der Waals surface area contributed by atoms with Crippen LogP contribution in [-0.4, -0.2) is 59.2 Å². The van der Waals surface area contributed by atoms with Crippen molar-refractivity contribution < 1.29 is 19.1 Å². The maximum absolute atomic E-state index is 14.0. The van der Waals surface area contributed by atoms with Crippen molar-refractivity contribution in [2.45, 2.75) is 44.9 Å². The molecule has 1 saturated heterocycles. The molecule has 176 valence electrons. The summed E-state index contributed by atoms with van der Waals surface area (Å²) in [6.45, 7) is 5.88. The zero-order chi connectivity index (χ0) is 24.2. The Morgan fingerprint density at radius 2 is 1.79 bits per heavy atom. The van der Waals surface area contributed by atoms with Crippen LogP contribution >= 0.6 is 0 Å². The Kier molecular flexibility index (Phi) is 5.19. The van der Waals surface area contributed by atoms with E-state index in [1.54, 1.807) is 40.9 Å². The fourth-order valence-electron chi connectivity index (χ4n) is 5.63. The number of benzene rings is 2. The molecule has 3 aliphatic heterocycles. The van der Waals surface area contributed by atoms with Crippen molar-refractivity contribution in [3.8, 4) is 0 Å². The molecule has 2 amide bonds. The Morgan fingerprint density at radius 1 is 1.12 bits per heavy atom. The van der Waals surface area contributed by atoms with Gasteiger partial charge in [0.15, 0.2) is 0 Å². The third-order valence-corrected chi connectivity index (χ3v) is 7.01. The van der Waals surface area contributed by atoms with Crippen LogP contribution in [0.15, 0.2) is 59.7 Å². The number of ether oxygens (including phenoxy) is 1.